The van der Waals surface area contributed by atoms with Crippen molar-refractivity contribution in [1.29, 1.82) is 0 Å². The lowest BCUT2D eigenvalue weighted by Crippen LogP contribution is -2.15. The Morgan fingerprint density at radius 3 is 1.33 bits per heavy atom. The average molecular weight is 439 g/mol. The maximum Gasteiger partial charge on any atom is 0.305 e. The van der Waals surface area contributed by atoms with Gasteiger partial charge in [-0.05, 0) is 19.8 Å². The van der Waals surface area contributed by atoms with E-state index in [-0.39, 0.29) is 25.4 Å². The van der Waals surface area contributed by atoms with Crippen LogP contribution >= 0.6 is 0 Å². The number of unbranched alkanes of at least 4 members (excludes halogenated alkanes) is 1. The van der Waals surface area contributed by atoms with Crippen LogP contribution in [0.2, 0.25) is 0 Å². The first-order valence-electron chi connectivity index (χ1n) is 10.5. The Morgan fingerprint density at radius 1 is 0.567 bits per heavy atom. The number of ether oxygens (including phenoxy) is 7. The molecule has 10 heteroatoms. The van der Waals surface area contributed by atoms with Crippen molar-refractivity contribution in [2.24, 2.45) is 0 Å². The summed E-state index contributed by atoms with van der Waals surface area (Å²) in [5.41, 5.74) is 0. The van der Waals surface area contributed by atoms with E-state index in [4.69, 9.17) is 38.3 Å². The maximum atomic E-state index is 11.4. The van der Waals surface area contributed by atoms with E-state index in [0.29, 0.717) is 92.1 Å². The zero-order valence-corrected chi connectivity index (χ0v) is 18.1. The van der Waals surface area contributed by atoms with E-state index in [0.717, 1.165) is 0 Å². The first kappa shape index (κ1) is 28.7. The van der Waals surface area contributed by atoms with Crippen LogP contribution in [0.4, 0.5) is 0 Å². The molecule has 0 unspecified atom stereocenters. The van der Waals surface area contributed by atoms with Crippen LogP contribution in [0.5, 0.6) is 0 Å². The zero-order valence-electron chi connectivity index (χ0n) is 18.1. The summed E-state index contributed by atoms with van der Waals surface area (Å²) in [6.45, 7) is 8.18. The summed E-state index contributed by atoms with van der Waals surface area (Å²) >= 11 is 0. The molecule has 178 valence electrons. The van der Waals surface area contributed by atoms with Crippen molar-refractivity contribution in [3.8, 4) is 0 Å². The van der Waals surface area contributed by atoms with Crippen LogP contribution in [-0.4, -0.2) is 103 Å². The molecular weight excluding hydrogens is 400 g/mol. The lowest BCUT2D eigenvalue weighted by Gasteiger charge is -2.08. The predicted molar refractivity (Wildman–Crippen MR) is 108 cm³/mol. The van der Waals surface area contributed by atoms with Gasteiger partial charge < -0.3 is 38.3 Å². The molecule has 0 bridgehead atoms. The normalized spacial score (nSPS) is 11.0. The van der Waals surface area contributed by atoms with Crippen LogP contribution in [0.15, 0.2) is 0 Å². The molecule has 10 nitrogen and oxygen atoms in total. The van der Waals surface area contributed by atoms with Crippen molar-refractivity contribution >= 4 is 11.9 Å². The summed E-state index contributed by atoms with van der Waals surface area (Å²) in [6.07, 6.45) is 1.28. The highest BCUT2D eigenvalue weighted by atomic mass is 16.6. The van der Waals surface area contributed by atoms with Gasteiger partial charge >= 0.3 is 11.9 Å². The number of carboxylic acid groups (broad SMARTS) is 1. The first-order chi connectivity index (χ1) is 14.7. The molecule has 0 aromatic rings. The van der Waals surface area contributed by atoms with Gasteiger partial charge in [0.15, 0.2) is 0 Å². The zero-order chi connectivity index (χ0) is 22.1. The molecule has 0 aliphatic heterocycles. The van der Waals surface area contributed by atoms with Gasteiger partial charge in [0, 0.05) is 19.4 Å². The molecular formula is C20H38O10. The molecule has 0 fully saturated rings. The van der Waals surface area contributed by atoms with E-state index in [9.17, 15) is 9.59 Å². The predicted octanol–water partition coefficient (Wildman–Crippen LogP) is 1.29. The highest BCUT2D eigenvalue weighted by Crippen LogP contribution is 2.01. The summed E-state index contributed by atoms with van der Waals surface area (Å²) in [7, 11) is 0. The Labute approximate surface area is 179 Å². The van der Waals surface area contributed by atoms with Crippen molar-refractivity contribution in [3.63, 3.8) is 0 Å². The second kappa shape index (κ2) is 24.0. The van der Waals surface area contributed by atoms with E-state index in [1.807, 2.05) is 6.92 Å². The van der Waals surface area contributed by atoms with Gasteiger partial charge in [-0.3, -0.25) is 9.59 Å². The Morgan fingerprint density at radius 2 is 0.933 bits per heavy atom. The summed E-state index contributed by atoms with van der Waals surface area (Å²) in [6, 6.07) is 0. The highest BCUT2D eigenvalue weighted by molar-refractivity contribution is 5.69. The number of esters is 1. The molecule has 0 saturated heterocycles. The van der Waals surface area contributed by atoms with E-state index in [1.165, 1.54) is 0 Å². The van der Waals surface area contributed by atoms with Crippen LogP contribution < -0.4 is 0 Å². The van der Waals surface area contributed by atoms with Gasteiger partial charge in [0.25, 0.3) is 0 Å². The first-order valence-corrected chi connectivity index (χ1v) is 10.5. The fourth-order valence-corrected chi connectivity index (χ4v) is 2.08. The van der Waals surface area contributed by atoms with Crippen LogP contribution in [0.1, 0.15) is 32.6 Å². The Kier molecular flexibility index (Phi) is 22.9. The average Bonchev–Trinajstić information content (AvgIpc) is 2.72. The highest BCUT2D eigenvalue weighted by Gasteiger charge is 2.04. The minimum atomic E-state index is -0.856. The molecule has 0 heterocycles. The van der Waals surface area contributed by atoms with Gasteiger partial charge in [0.2, 0.25) is 0 Å². The van der Waals surface area contributed by atoms with E-state index in [2.05, 4.69) is 0 Å². The third-order valence-corrected chi connectivity index (χ3v) is 3.58. The third kappa shape index (κ3) is 24.7. The summed E-state index contributed by atoms with van der Waals surface area (Å²) < 4.78 is 36.8. The minimum Gasteiger partial charge on any atom is -0.481 e. The molecule has 0 aromatic carbocycles. The van der Waals surface area contributed by atoms with Crippen molar-refractivity contribution in [3.05, 3.63) is 0 Å². The van der Waals surface area contributed by atoms with Gasteiger partial charge in [0.05, 0.1) is 72.7 Å². The molecule has 0 aliphatic rings. The quantitative estimate of drug-likeness (QED) is 0.174. The molecule has 0 amide bonds. The van der Waals surface area contributed by atoms with E-state index in [1.54, 1.807) is 0 Å². The fourth-order valence-electron chi connectivity index (χ4n) is 2.08. The molecule has 0 aliphatic carbocycles. The minimum absolute atomic E-state index is 0.0698. The molecule has 0 atom stereocenters. The molecule has 0 spiro atoms. The second-order valence-corrected chi connectivity index (χ2v) is 6.08. The Hall–Kier alpha value is -1.30. The summed E-state index contributed by atoms with van der Waals surface area (Å²) in [5.74, 6) is -1.19. The number of aliphatic carboxylic acids is 1. The largest absolute Gasteiger partial charge is 0.481 e. The van der Waals surface area contributed by atoms with E-state index < -0.39 is 5.97 Å². The standard InChI is InChI=1S/C20H38O10/c1-2-24-7-8-25-9-10-26-11-12-27-13-14-28-15-16-29-17-18-30-20(23)6-4-3-5-19(21)22/h2-18H2,1H3,(H,21,22). The van der Waals surface area contributed by atoms with Gasteiger partial charge in [0.1, 0.15) is 6.61 Å². The molecule has 1 N–H and O–H groups in total. The SMILES string of the molecule is CCOCCOCCOCCOCCOCCOCCOC(=O)CCCCC(=O)O. The van der Waals surface area contributed by atoms with Crippen molar-refractivity contribution in [1.82, 2.24) is 0 Å². The van der Waals surface area contributed by atoms with Crippen LogP contribution in [0.3, 0.4) is 0 Å². The van der Waals surface area contributed by atoms with Crippen molar-refractivity contribution < 1.29 is 47.9 Å². The number of carbonyl (C=O) groups excluding carboxylic acids is 1. The topological polar surface area (TPSA) is 119 Å². The van der Waals surface area contributed by atoms with Crippen molar-refractivity contribution in [2.75, 3.05) is 85.9 Å². The summed E-state index contributed by atoms with van der Waals surface area (Å²) in [5, 5.41) is 8.50. The van der Waals surface area contributed by atoms with Gasteiger partial charge in [-0.15, -0.1) is 0 Å². The number of rotatable bonds is 24. The van der Waals surface area contributed by atoms with E-state index >= 15 is 0 Å². The lowest BCUT2D eigenvalue weighted by molar-refractivity contribution is -0.146. The van der Waals surface area contributed by atoms with Crippen molar-refractivity contribution in [2.45, 2.75) is 32.6 Å². The van der Waals surface area contributed by atoms with Crippen LogP contribution in [-0.2, 0) is 42.7 Å². The van der Waals surface area contributed by atoms with Crippen LogP contribution in [0, 0.1) is 0 Å². The van der Waals surface area contributed by atoms with Crippen LogP contribution in [0.25, 0.3) is 0 Å². The fraction of sp³-hybridized carbons (Fsp3) is 0.900. The molecule has 0 saturated carbocycles. The maximum absolute atomic E-state index is 11.4. The molecule has 0 radical (unpaired) electrons. The number of carbonyl (C=O) groups is 2. The lowest BCUT2D eigenvalue weighted by atomic mass is 10.2. The smallest absolute Gasteiger partial charge is 0.305 e. The van der Waals surface area contributed by atoms with Gasteiger partial charge in [-0.2, -0.15) is 0 Å². The van der Waals surface area contributed by atoms with Gasteiger partial charge in [-0.1, -0.05) is 0 Å². The van der Waals surface area contributed by atoms with Gasteiger partial charge in [-0.25, -0.2) is 0 Å². The Bertz CT molecular complexity index is 392. The molecule has 0 rings (SSSR count). The monoisotopic (exact) mass is 438 g/mol. The Balaban J connectivity index is 3.11. The molecule has 30 heavy (non-hydrogen) atoms. The number of hydrogen-bond acceptors (Lipinski definition) is 9. The number of hydrogen-bond donors (Lipinski definition) is 1. The third-order valence-electron chi connectivity index (χ3n) is 3.58. The number of carboxylic acids is 1. The second-order valence-electron chi connectivity index (χ2n) is 6.08. The molecule has 0 aromatic heterocycles. The summed E-state index contributed by atoms with van der Waals surface area (Å²) in [4.78, 5) is 21.7.